The molecule has 0 amide bonds. The average Bonchev–Trinajstić information content (AvgIpc) is 3.43. The van der Waals surface area contributed by atoms with E-state index in [9.17, 15) is 0 Å². The first-order valence-corrected chi connectivity index (χ1v) is 12.3. The monoisotopic (exact) mass is 488 g/mol. The quantitative estimate of drug-likeness (QED) is 0.328. The standard InChI is InChI=1S/C27H32N6O3/c1-6-35-22-12-19(24-17(3)31-18(4)36-24)7-8-21(22)32-26-28-13-20-11-16(2)30-25(23(20)33-26)29-14-27(5)9-10-34-15-27/h7-8,11-13H,6,9-10,14-15H2,1-5H3,(H,29,30)(H,28,32,33). The summed E-state index contributed by atoms with van der Waals surface area (Å²) < 4.78 is 17.3. The van der Waals surface area contributed by atoms with Gasteiger partial charge in [-0.25, -0.2) is 19.9 Å². The summed E-state index contributed by atoms with van der Waals surface area (Å²) in [5.74, 6) is 3.27. The molecule has 1 fully saturated rings. The highest BCUT2D eigenvalue weighted by molar-refractivity contribution is 5.89. The van der Waals surface area contributed by atoms with Crippen LogP contribution in [0, 0.1) is 26.2 Å². The molecule has 0 bridgehead atoms. The van der Waals surface area contributed by atoms with E-state index in [4.69, 9.17) is 23.9 Å². The van der Waals surface area contributed by atoms with Gasteiger partial charge in [-0.05, 0) is 51.5 Å². The fourth-order valence-electron chi connectivity index (χ4n) is 4.46. The summed E-state index contributed by atoms with van der Waals surface area (Å²) >= 11 is 0. The van der Waals surface area contributed by atoms with Crippen LogP contribution in [0.4, 0.5) is 17.5 Å². The third-order valence-electron chi connectivity index (χ3n) is 6.37. The Morgan fingerprint density at radius 1 is 1.11 bits per heavy atom. The number of hydrogen-bond donors (Lipinski definition) is 2. The predicted molar refractivity (Wildman–Crippen MR) is 140 cm³/mol. The molecule has 1 aromatic carbocycles. The lowest BCUT2D eigenvalue weighted by molar-refractivity contribution is 0.164. The molecule has 0 spiro atoms. The minimum atomic E-state index is 0.0837. The van der Waals surface area contributed by atoms with Gasteiger partial charge < -0.3 is 24.5 Å². The van der Waals surface area contributed by atoms with Crippen LogP contribution in [0.2, 0.25) is 0 Å². The van der Waals surface area contributed by atoms with E-state index in [1.165, 1.54) is 0 Å². The Kier molecular flexibility index (Phi) is 6.49. The van der Waals surface area contributed by atoms with E-state index in [1.807, 2.05) is 58.2 Å². The molecular weight excluding hydrogens is 456 g/mol. The molecule has 5 rings (SSSR count). The smallest absolute Gasteiger partial charge is 0.227 e. The van der Waals surface area contributed by atoms with Crippen LogP contribution in [0.25, 0.3) is 22.2 Å². The molecule has 1 aliphatic heterocycles. The minimum Gasteiger partial charge on any atom is -0.492 e. The second-order valence-electron chi connectivity index (χ2n) is 9.63. The summed E-state index contributed by atoms with van der Waals surface area (Å²) in [4.78, 5) is 18.5. The maximum absolute atomic E-state index is 5.93. The number of nitrogens with one attached hydrogen (secondary N) is 2. The van der Waals surface area contributed by atoms with Crippen molar-refractivity contribution < 1.29 is 13.9 Å². The highest BCUT2D eigenvalue weighted by Gasteiger charge is 2.29. The summed E-state index contributed by atoms with van der Waals surface area (Å²) in [6.45, 7) is 12.8. The van der Waals surface area contributed by atoms with Gasteiger partial charge in [-0.2, -0.15) is 0 Å². The second kappa shape index (κ2) is 9.73. The number of ether oxygens (including phenoxy) is 2. The Morgan fingerprint density at radius 2 is 1.97 bits per heavy atom. The molecule has 0 radical (unpaired) electrons. The summed E-state index contributed by atoms with van der Waals surface area (Å²) in [6.07, 6.45) is 2.84. The number of hydrogen-bond acceptors (Lipinski definition) is 9. The van der Waals surface area contributed by atoms with Crippen LogP contribution in [-0.2, 0) is 4.74 Å². The number of nitrogens with zero attached hydrogens (tertiary/aromatic N) is 4. The van der Waals surface area contributed by atoms with Gasteiger partial charge in [0.05, 0.1) is 24.6 Å². The van der Waals surface area contributed by atoms with E-state index in [1.54, 1.807) is 0 Å². The van der Waals surface area contributed by atoms with Crippen molar-refractivity contribution in [3.63, 3.8) is 0 Å². The zero-order valence-electron chi connectivity index (χ0n) is 21.4. The molecule has 4 heterocycles. The molecule has 1 aliphatic rings. The van der Waals surface area contributed by atoms with Crippen molar-refractivity contribution in [2.45, 2.75) is 41.0 Å². The first kappa shape index (κ1) is 24.0. The van der Waals surface area contributed by atoms with Crippen molar-refractivity contribution >= 4 is 28.4 Å². The lowest BCUT2D eigenvalue weighted by atomic mass is 9.90. The van der Waals surface area contributed by atoms with Crippen molar-refractivity contribution in [3.05, 3.63) is 47.7 Å². The third-order valence-corrected chi connectivity index (χ3v) is 6.37. The third kappa shape index (κ3) is 4.97. The first-order chi connectivity index (χ1) is 17.3. The number of aryl methyl sites for hydroxylation is 3. The van der Waals surface area contributed by atoms with Crippen LogP contribution in [0.5, 0.6) is 5.75 Å². The average molecular weight is 489 g/mol. The van der Waals surface area contributed by atoms with E-state index in [0.717, 1.165) is 71.3 Å². The first-order valence-electron chi connectivity index (χ1n) is 12.3. The van der Waals surface area contributed by atoms with Crippen molar-refractivity contribution in [2.75, 3.05) is 37.0 Å². The molecule has 0 aliphatic carbocycles. The number of oxazole rings is 1. The summed E-state index contributed by atoms with van der Waals surface area (Å²) in [5.41, 5.74) is 4.27. The second-order valence-corrected chi connectivity index (χ2v) is 9.63. The van der Waals surface area contributed by atoms with Gasteiger partial charge in [0.1, 0.15) is 11.3 Å². The SMILES string of the molecule is CCOc1cc(-c2oc(C)nc2C)ccc1Nc1ncc2cc(C)nc(NCC3(C)CCOC3)c2n1. The van der Waals surface area contributed by atoms with Crippen LogP contribution in [0.1, 0.15) is 37.5 Å². The lowest BCUT2D eigenvalue weighted by Gasteiger charge is -2.22. The molecule has 9 nitrogen and oxygen atoms in total. The van der Waals surface area contributed by atoms with Gasteiger partial charge in [-0.15, -0.1) is 0 Å². The number of pyridine rings is 1. The maximum Gasteiger partial charge on any atom is 0.227 e. The molecular formula is C27H32N6O3. The van der Waals surface area contributed by atoms with Crippen molar-refractivity contribution in [2.24, 2.45) is 5.41 Å². The number of rotatable bonds is 8. The number of anilines is 3. The Balaban J connectivity index is 1.45. The van der Waals surface area contributed by atoms with E-state index in [2.05, 4.69) is 27.5 Å². The Morgan fingerprint density at radius 3 is 2.69 bits per heavy atom. The highest BCUT2D eigenvalue weighted by Crippen LogP contribution is 2.35. The molecule has 1 saturated heterocycles. The Bertz CT molecular complexity index is 1390. The zero-order chi connectivity index (χ0) is 25.3. The van der Waals surface area contributed by atoms with E-state index in [0.29, 0.717) is 24.2 Å². The highest BCUT2D eigenvalue weighted by atomic mass is 16.5. The van der Waals surface area contributed by atoms with Crippen LogP contribution < -0.4 is 15.4 Å². The largest absolute Gasteiger partial charge is 0.492 e. The van der Waals surface area contributed by atoms with E-state index < -0.39 is 0 Å². The molecule has 3 aromatic heterocycles. The van der Waals surface area contributed by atoms with Gasteiger partial charge >= 0.3 is 0 Å². The predicted octanol–water partition coefficient (Wildman–Crippen LogP) is 5.59. The van der Waals surface area contributed by atoms with Gasteiger partial charge in [0.2, 0.25) is 5.95 Å². The normalized spacial score (nSPS) is 17.5. The van der Waals surface area contributed by atoms with E-state index >= 15 is 0 Å². The molecule has 0 saturated carbocycles. The summed E-state index contributed by atoms with van der Waals surface area (Å²) in [7, 11) is 0. The summed E-state index contributed by atoms with van der Waals surface area (Å²) in [5, 5.41) is 7.77. The molecule has 36 heavy (non-hydrogen) atoms. The molecule has 1 atom stereocenters. The van der Waals surface area contributed by atoms with Crippen LogP contribution >= 0.6 is 0 Å². The van der Waals surface area contributed by atoms with Gasteiger partial charge in [-0.3, -0.25) is 0 Å². The molecule has 9 heteroatoms. The van der Waals surface area contributed by atoms with Crippen LogP contribution in [-0.4, -0.2) is 46.3 Å². The summed E-state index contributed by atoms with van der Waals surface area (Å²) in [6, 6.07) is 7.86. The van der Waals surface area contributed by atoms with Gasteiger partial charge in [0.25, 0.3) is 0 Å². The molecule has 2 N–H and O–H groups in total. The minimum absolute atomic E-state index is 0.0837. The van der Waals surface area contributed by atoms with Gasteiger partial charge in [0, 0.05) is 48.3 Å². The van der Waals surface area contributed by atoms with E-state index in [-0.39, 0.29) is 5.41 Å². The molecule has 188 valence electrons. The topological polar surface area (TPSA) is 107 Å². The van der Waals surface area contributed by atoms with Crippen molar-refractivity contribution in [1.29, 1.82) is 0 Å². The number of benzene rings is 1. The maximum atomic E-state index is 5.93. The number of fused-ring (bicyclic) bond motifs is 1. The molecule has 4 aromatic rings. The van der Waals surface area contributed by atoms with Gasteiger partial charge in [0.15, 0.2) is 17.5 Å². The van der Waals surface area contributed by atoms with Crippen molar-refractivity contribution in [3.8, 4) is 17.1 Å². The molecule has 1 unspecified atom stereocenters. The van der Waals surface area contributed by atoms with Gasteiger partial charge in [-0.1, -0.05) is 6.92 Å². The van der Waals surface area contributed by atoms with Crippen LogP contribution in [0.15, 0.2) is 34.9 Å². The number of aromatic nitrogens is 4. The van der Waals surface area contributed by atoms with Crippen LogP contribution in [0.3, 0.4) is 0 Å². The lowest BCUT2D eigenvalue weighted by Crippen LogP contribution is -2.27. The Labute approximate surface area is 210 Å². The van der Waals surface area contributed by atoms with Crippen molar-refractivity contribution in [1.82, 2.24) is 19.9 Å². The Hall–Kier alpha value is -3.72. The fourth-order valence-corrected chi connectivity index (χ4v) is 4.46. The fraction of sp³-hybridized carbons (Fsp3) is 0.407. The zero-order valence-corrected chi connectivity index (χ0v) is 21.4.